The number of carbonyl (C=O) groups excluding carboxylic acids is 1. The number of nitrogens with zero attached hydrogens (tertiary/aromatic N) is 3. The molecule has 2 aromatic carbocycles. The average molecular weight is 508 g/mol. The number of nitrogens with one attached hydrogen (secondary N) is 1. The molecule has 0 radical (unpaired) electrons. The maximum absolute atomic E-state index is 13.4. The molecule has 0 bridgehead atoms. The van der Waals surface area contributed by atoms with Gasteiger partial charge in [0.05, 0.1) is 43.0 Å². The number of carbonyl (C=O) groups is 1. The number of sulfonamides is 1. The van der Waals surface area contributed by atoms with Crippen molar-refractivity contribution in [3.8, 4) is 17.2 Å². The molecule has 11 heteroatoms. The molecule has 10 nitrogen and oxygen atoms in total. The summed E-state index contributed by atoms with van der Waals surface area (Å²) in [5.74, 6) is -0.607. The van der Waals surface area contributed by atoms with E-state index in [1.54, 1.807) is 29.1 Å². The Morgan fingerprint density at radius 1 is 1.19 bits per heavy atom. The number of hydrogen-bond acceptors (Lipinski definition) is 8. The number of nitrogen functional groups attached to an aromatic ring is 1. The zero-order chi connectivity index (χ0) is 25.8. The lowest BCUT2D eigenvalue weighted by atomic mass is 9.87. The van der Waals surface area contributed by atoms with Crippen LogP contribution >= 0.6 is 0 Å². The molecule has 0 atom stereocenters. The number of anilines is 1. The van der Waals surface area contributed by atoms with Crippen molar-refractivity contribution in [1.29, 1.82) is 0 Å². The highest BCUT2D eigenvalue weighted by Gasteiger charge is 2.39. The van der Waals surface area contributed by atoms with Gasteiger partial charge in [-0.05, 0) is 36.8 Å². The summed E-state index contributed by atoms with van der Waals surface area (Å²) in [5, 5.41) is 4.97. The van der Waals surface area contributed by atoms with Gasteiger partial charge in [-0.3, -0.25) is 4.79 Å². The van der Waals surface area contributed by atoms with E-state index in [-0.39, 0.29) is 27.5 Å². The summed E-state index contributed by atoms with van der Waals surface area (Å²) in [6, 6.07) is 10.2. The molecule has 0 spiro atoms. The van der Waals surface area contributed by atoms with Gasteiger partial charge in [-0.25, -0.2) is 22.8 Å². The summed E-state index contributed by atoms with van der Waals surface area (Å²) in [4.78, 5) is 17.4. The number of nitrogens with two attached hydrogens (primary N) is 1. The number of ether oxygens (including phenoxy) is 2. The smallest absolute Gasteiger partial charge is 0.283 e. The third-order valence-corrected chi connectivity index (χ3v) is 7.59. The van der Waals surface area contributed by atoms with Crippen LogP contribution in [0.1, 0.15) is 35.5 Å². The van der Waals surface area contributed by atoms with Crippen LogP contribution in [0.4, 0.5) is 5.69 Å². The molecule has 0 aliphatic carbocycles. The molecule has 1 aliphatic heterocycles. The van der Waals surface area contributed by atoms with E-state index in [9.17, 15) is 13.2 Å². The van der Waals surface area contributed by atoms with Crippen LogP contribution in [0.15, 0.2) is 53.7 Å². The van der Waals surface area contributed by atoms with Crippen LogP contribution in [0.25, 0.3) is 16.6 Å². The van der Waals surface area contributed by atoms with Gasteiger partial charge in [0, 0.05) is 16.4 Å². The number of fused-ring (bicyclic) bond motifs is 2. The fraction of sp³-hybridized carbons (Fsp3) is 0.240. The lowest BCUT2D eigenvalue weighted by Gasteiger charge is -2.17. The Morgan fingerprint density at radius 3 is 2.67 bits per heavy atom. The largest absolute Gasteiger partial charge is 0.495 e. The van der Waals surface area contributed by atoms with Crippen molar-refractivity contribution in [2.24, 2.45) is 0 Å². The molecule has 0 saturated carbocycles. The van der Waals surface area contributed by atoms with Gasteiger partial charge < -0.3 is 15.2 Å². The second-order valence-corrected chi connectivity index (χ2v) is 10.9. The van der Waals surface area contributed by atoms with E-state index in [2.05, 4.69) is 14.8 Å². The van der Waals surface area contributed by atoms with E-state index in [1.165, 1.54) is 19.4 Å². The molecule has 1 aliphatic rings. The predicted molar refractivity (Wildman–Crippen MR) is 134 cm³/mol. The third-order valence-electron chi connectivity index (χ3n) is 6.22. The molecule has 36 heavy (non-hydrogen) atoms. The number of pyridine rings is 1. The first-order chi connectivity index (χ1) is 17.0. The van der Waals surface area contributed by atoms with Gasteiger partial charge in [0.2, 0.25) is 0 Å². The number of hydrogen-bond donors (Lipinski definition) is 2. The number of aryl methyl sites for hydroxylation is 1. The minimum Gasteiger partial charge on any atom is -0.495 e. The van der Waals surface area contributed by atoms with E-state index < -0.39 is 15.9 Å². The van der Waals surface area contributed by atoms with Gasteiger partial charge in [-0.1, -0.05) is 26.0 Å². The fourth-order valence-corrected chi connectivity index (χ4v) is 5.61. The maximum atomic E-state index is 13.4. The van der Waals surface area contributed by atoms with Crippen molar-refractivity contribution < 1.29 is 22.7 Å². The van der Waals surface area contributed by atoms with E-state index in [0.29, 0.717) is 17.8 Å². The van der Waals surface area contributed by atoms with E-state index >= 15 is 0 Å². The zero-order valence-corrected chi connectivity index (χ0v) is 21.0. The van der Waals surface area contributed by atoms with Crippen molar-refractivity contribution in [3.63, 3.8) is 0 Å². The molecule has 3 heterocycles. The quantitative estimate of drug-likeness (QED) is 0.420. The third kappa shape index (κ3) is 3.81. The monoisotopic (exact) mass is 507 g/mol. The molecular formula is C25H25N5O5S. The SMILES string of the molecule is COc1ccc2c(c1S(=O)(=O)NC(=O)c1ccc3c(-n4cc(N)cn4)ccc(C)c3n1)OCC2(C)C. The molecule has 0 saturated heterocycles. The van der Waals surface area contributed by atoms with E-state index in [1.807, 2.05) is 32.9 Å². The zero-order valence-electron chi connectivity index (χ0n) is 20.2. The maximum Gasteiger partial charge on any atom is 0.283 e. The summed E-state index contributed by atoms with van der Waals surface area (Å²) in [5.41, 5.74) is 8.67. The molecule has 3 N–H and O–H groups in total. The van der Waals surface area contributed by atoms with Gasteiger partial charge in [0.25, 0.3) is 15.9 Å². The van der Waals surface area contributed by atoms with E-state index in [4.69, 9.17) is 15.2 Å². The number of rotatable bonds is 5. The molecule has 0 fully saturated rings. The van der Waals surface area contributed by atoms with Gasteiger partial charge in [-0.15, -0.1) is 0 Å². The van der Waals surface area contributed by atoms with Crippen LogP contribution in [0, 0.1) is 6.92 Å². The molecule has 4 aromatic rings. The van der Waals surface area contributed by atoms with Crippen molar-refractivity contribution >= 4 is 32.5 Å². The highest BCUT2D eigenvalue weighted by Crippen LogP contribution is 2.46. The molecule has 1 amide bonds. The second kappa shape index (κ2) is 8.23. The van der Waals surface area contributed by atoms with Gasteiger partial charge in [0.15, 0.2) is 4.90 Å². The Labute approximate surface area is 208 Å². The molecule has 186 valence electrons. The van der Waals surface area contributed by atoms with Crippen LogP contribution in [0.2, 0.25) is 0 Å². The van der Waals surface area contributed by atoms with Crippen LogP contribution < -0.4 is 19.9 Å². The standard InChI is InChI=1S/C25H25N5O5S/c1-14-5-9-19(30-12-15(26)11-27-30)16-6-8-18(28-21(14)16)24(31)29-36(32,33)23-20(34-4)10-7-17-22(23)35-13-25(17,2)3/h5-12H,13,26H2,1-4H3,(H,29,31). The van der Waals surface area contributed by atoms with Crippen molar-refractivity contribution in [1.82, 2.24) is 19.5 Å². The minimum atomic E-state index is -4.36. The van der Waals surface area contributed by atoms with Gasteiger partial charge in [-0.2, -0.15) is 5.10 Å². The summed E-state index contributed by atoms with van der Waals surface area (Å²) in [7, 11) is -2.99. The van der Waals surface area contributed by atoms with Crippen molar-refractivity contribution in [2.75, 3.05) is 19.5 Å². The number of aromatic nitrogens is 3. The number of benzene rings is 2. The molecule has 2 aromatic heterocycles. The topological polar surface area (TPSA) is 138 Å². The van der Waals surface area contributed by atoms with Crippen molar-refractivity contribution in [2.45, 2.75) is 31.1 Å². The number of methoxy groups -OCH3 is 1. The predicted octanol–water partition coefficient (Wildman–Crippen LogP) is 3.11. The van der Waals surface area contributed by atoms with Crippen LogP contribution in [-0.4, -0.2) is 42.8 Å². The summed E-state index contributed by atoms with van der Waals surface area (Å²) < 4.78 is 41.6. The summed E-state index contributed by atoms with van der Waals surface area (Å²) in [6.07, 6.45) is 3.21. The first-order valence-electron chi connectivity index (χ1n) is 11.1. The highest BCUT2D eigenvalue weighted by atomic mass is 32.2. The Hall–Kier alpha value is -4.12. The Bertz CT molecular complexity index is 1640. The summed E-state index contributed by atoms with van der Waals surface area (Å²) in [6.45, 7) is 6.06. The molecule has 0 unspecified atom stereocenters. The second-order valence-electron chi connectivity index (χ2n) is 9.29. The van der Waals surface area contributed by atoms with Crippen LogP contribution in [-0.2, 0) is 15.4 Å². The Kier molecular flexibility index (Phi) is 5.40. The normalized spacial score (nSPS) is 14.3. The first-order valence-corrected chi connectivity index (χ1v) is 12.6. The Morgan fingerprint density at radius 2 is 1.97 bits per heavy atom. The molecular weight excluding hydrogens is 482 g/mol. The average Bonchev–Trinajstić information content (AvgIpc) is 3.40. The minimum absolute atomic E-state index is 0.0564. The first kappa shape index (κ1) is 23.6. The van der Waals surface area contributed by atoms with E-state index in [0.717, 1.165) is 22.2 Å². The van der Waals surface area contributed by atoms with Gasteiger partial charge >= 0.3 is 0 Å². The lowest BCUT2D eigenvalue weighted by Crippen LogP contribution is -2.31. The van der Waals surface area contributed by atoms with Gasteiger partial charge in [0.1, 0.15) is 17.2 Å². The van der Waals surface area contributed by atoms with Crippen molar-refractivity contribution in [3.05, 3.63) is 65.6 Å². The molecule has 5 rings (SSSR count). The van der Waals surface area contributed by atoms with Crippen LogP contribution in [0.5, 0.6) is 11.5 Å². The summed E-state index contributed by atoms with van der Waals surface area (Å²) >= 11 is 0. The lowest BCUT2D eigenvalue weighted by molar-refractivity contribution is 0.0977. The number of amides is 1. The van der Waals surface area contributed by atoms with Crippen LogP contribution in [0.3, 0.4) is 0 Å². The fourth-order valence-electron chi connectivity index (χ4n) is 4.33. The Balaban J connectivity index is 1.53. The highest BCUT2D eigenvalue weighted by molar-refractivity contribution is 7.90.